The number of carbonyl (C=O) groups excluding carboxylic acids is 3. The van der Waals surface area contributed by atoms with Crippen molar-refractivity contribution in [1.82, 2.24) is 0 Å². The number of esters is 3. The van der Waals surface area contributed by atoms with E-state index in [1.54, 1.807) is 0 Å². The van der Waals surface area contributed by atoms with Gasteiger partial charge in [0.25, 0.3) is 0 Å². The van der Waals surface area contributed by atoms with Crippen molar-refractivity contribution in [3.63, 3.8) is 0 Å². The molecule has 0 bridgehead atoms. The summed E-state index contributed by atoms with van der Waals surface area (Å²) in [6, 6.07) is 0. The second kappa shape index (κ2) is 60.7. The first kappa shape index (κ1) is 69.2. The molecule has 0 amide bonds. The van der Waals surface area contributed by atoms with Crippen molar-refractivity contribution in [3.05, 3.63) is 12.2 Å². The van der Waals surface area contributed by atoms with Crippen molar-refractivity contribution < 1.29 is 28.6 Å². The van der Waals surface area contributed by atoms with E-state index in [1.807, 2.05) is 0 Å². The van der Waals surface area contributed by atoms with Crippen LogP contribution in [0.4, 0.5) is 0 Å². The van der Waals surface area contributed by atoms with Gasteiger partial charge in [-0.3, -0.25) is 14.4 Å². The molecule has 0 saturated heterocycles. The molecule has 0 aliphatic rings. The summed E-state index contributed by atoms with van der Waals surface area (Å²) in [4.78, 5) is 38.0. The van der Waals surface area contributed by atoms with Crippen LogP contribution in [0.25, 0.3) is 0 Å². The van der Waals surface area contributed by atoms with Crippen LogP contribution in [-0.2, 0) is 28.6 Å². The summed E-state index contributed by atoms with van der Waals surface area (Å²) in [6.07, 6.45) is 71.1. The van der Waals surface area contributed by atoms with Crippen molar-refractivity contribution in [2.24, 2.45) is 0 Å². The van der Waals surface area contributed by atoms with Gasteiger partial charge in [0.1, 0.15) is 13.2 Å². The Labute approximate surface area is 443 Å². The molecule has 0 fully saturated rings. The van der Waals surface area contributed by atoms with Gasteiger partial charge in [-0.25, -0.2) is 0 Å². The van der Waals surface area contributed by atoms with Crippen molar-refractivity contribution >= 4 is 17.9 Å². The van der Waals surface area contributed by atoms with Gasteiger partial charge in [-0.2, -0.15) is 0 Å². The lowest BCUT2D eigenvalue weighted by molar-refractivity contribution is -0.167. The normalized spacial score (nSPS) is 12.0. The lowest BCUT2D eigenvalue weighted by atomic mass is 10.0. The highest BCUT2D eigenvalue weighted by molar-refractivity contribution is 5.71. The van der Waals surface area contributed by atoms with Gasteiger partial charge in [0.2, 0.25) is 0 Å². The summed E-state index contributed by atoms with van der Waals surface area (Å²) in [5.41, 5.74) is 0. The van der Waals surface area contributed by atoms with Gasteiger partial charge < -0.3 is 14.2 Å². The topological polar surface area (TPSA) is 78.9 Å². The molecular formula is C65H124O6. The number of carbonyl (C=O) groups is 3. The second-order valence-electron chi connectivity index (χ2n) is 22.0. The number of ether oxygens (including phenoxy) is 3. The van der Waals surface area contributed by atoms with E-state index in [-0.39, 0.29) is 31.1 Å². The van der Waals surface area contributed by atoms with E-state index in [4.69, 9.17) is 14.2 Å². The molecule has 1 unspecified atom stereocenters. The zero-order valence-electron chi connectivity index (χ0n) is 48.3. The van der Waals surface area contributed by atoms with Crippen molar-refractivity contribution in [1.29, 1.82) is 0 Å². The molecule has 0 aliphatic carbocycles. The molecule has 0 aromatic rings. The molecule has 0 aromatic heterocycles. The second-order valence-corrected chi connectivity index (χ2v) is 22.0. The highest BCUT2D eigenvalue weighted by Gasteiger charge is 2.19. The lowest BCUT2D eigenvalue weighted by Crippen LogP contribution is -2.30. The molecule has 6 heteroatoms. The molecule has 0 heterocycles. The molecule has 420 valence electrons. The summed E-state index contributed by atoms with van der Waals surface area (Å²) < 4.78 is 16.8. The Morgan fingerprint density at radius 3 is 0.704 bits per heavy atom. The average Bonchev–Trinajstić information content (AvgIpc) is 3.37. The molecular weight excluding hydrogens is 877 g/mol. The summed E-state index contributed by atoms with van der Waals surface area (Å²) >= 11 is 0. The SMILES string of the molecule is CCCCCCCCCC/C=C\CCCCCCCCCCCCCCCCCCCCCC(=O)OCC(COC(=O)CCCCCCCCCC)OC(=O)CCCCCCCCCCCCCCCC. The number of hydrogen-bond acceptors (Lipinski definition) is 6. The summed E-state index contributed by atoms with van der Waals surface area (Å²) in [7, 11) is 0. The monoisotopic (exact) mass is 1000 g/mol. The number of rotatable bonds is 60. The van der Waals surface area contributed by atoms with Crippen LogP contribution in [-0.4, -0.2) is 37.2 Å². The van der Waals surface area contributed by atoms with Crippen LogP contribution >= 0.6 is 0 Å². The lowest BCUT2D eigenvalue weighted by Gasteiger charge is -2.18. The van der Waals surface area contributed by atoms with E-state index >= 15 is 0 Å². The van der Waals surface area contributed by atoms with Gasteiger partial charge in [0, 0.05) is 19.3 Å². The number of allylic oxidation sites excluding steroid dienone is 2. The standard InChI is InChI=1S/C65H124O6/c1-4-7-10-13-16-19-21-23-25-26-27-28-29-30-31-32-33-34-35-36-37-38-39-40-41-43-44-46-49-52-55-58-64(67)70-61-62(60-69-63(66)57-54-51-48-18-15-12-9-6-3)71-65(68)59-56-53-50-47-45-42-24-22-20-17-14-11-8-5-2/h26-27,62H,4-25,28-61H2,1-3H3/b27-26-. The minimum absolute atomic E-state index is 0.0631. The minimum Gasteiger partial charge on any atom is -0.462 e. The summed E-state index contributed by atoms with van der Waals surface area (Å²) in [6.45, 7) is 6.67. The first-order valence-corrected chi connectivity index (χ1v) is 32.2. The van der Waals surface area contributed by atoms with Crippen LogP contribution in [0.15, 0.2) is 12.2 Å². The third-order valence-corrected chi connectivity index (χ3v) is 14.8. The smallest absolute Gasteiger partial charge is 0.306 e. The number of unbranched alkanes of at least 4 members (excludes halogenated alkanes) is 47. The van der Waals surface area contributed by atoms with Gasteiger partial charge in [-0.15, -0.1) is 0 Å². The molecule has 6 nitrogen and oxygen atoms in total. The van der Waals surface area contributed by atoms with E-state index in [2.05, 4.69) is 32.9 Å². The quantitative estimate of drug-likeness (QED) is 0.0261. The molecule has 0 spiro atoms. The molecule has 0 aliphatic heterocycles. The summed E-state index contributed by atoms with van der Waals surface area (Å²) in [5.74, 6) is -0.842. The van der Waals surface area contributed by atoms with Crippen molar-refractivity contribution in [2.75, 3.05) is 13.2 Å². The average molecular weight is 1000 g/mol. The number of hydrogen-bond donors (Lipinski definition) is 0. The highest BCUT2D eigenvalue weighted by atomic mass is 16.6. The predicted octanol–water partition coefficient (Wildman–Crippen LogP) is 21.7. The first-order chi connectivity index (χ1) is 35.0. The van der Waals surface area contributed by atoms with Crippen LogP contribution in [0.3, 0.4) is 0 Å². The van der Waals surface area contributed by atoms with Crippen LogP contribution in [0.2, 0.25) is 0 Å². The molecule has 0 saturated carbocycles. The van der Waals surface area contributed by atoms with E-state index in [9.17, 15) is 14.4 Å². The predicted molar refractivity (Wildman–Crippen MR) is 307 cm³/mol. The molecule has 0 rings (SSSR count). The fourth-order valence-electron chi connectivity index (χ4n) is 9.91. The highest BCUT2D eigenvalue weighted by Crippen LogP contribution is 2.18. The Balaban J connectivity index is 3.97. The maximum absolute atomic E-state index is 12.8. The molecule has 1 atom stereocenters. The maximum Gasteiger partial charge on any atom is 0.306 e. The molecule has 0 N–H and O–H groups in total. The van der Waals surface area contributed by atoms with Crippen molar-refractivity contribution in [2.45, 2.75) is 374 Å². The third-order valence-electron chi connectivity index (χ3n) is 14.8. The van der Waals surface area contributed by atoms with Crippen LogP contribution < -0.4 is 0 Å². The van der Waals surface area contributed by atoms with Gasteiger partial charge in [-0.05, 0) is 44.9 Å². The fraction of sp³-hybridized carbons (Fsp3) is 0.923. The van der Waals surface area contributed by atoms with E-state index in [0.29, 0.717) is 19.3 Å². The Morgan fingerprint density at radius 2 is 0.465 bits per heavy atom. The van der Waals surface area contributed by atoms with Gasteiger partial charge in [-0.1, -0.05) is 315 Å². The Bertz CT molecular complexity index is 1100. The van der Waals surface area contributed by atoms with Crippen LogP contribution in [0.1, 0.15) is 367 Å². The zero-order chi connectivity index (χ0) is 51.4. The Hall–Kier alpha value is -1.85. The molecule has 0 radical (unpaired) electrons. The third kappa shape index (κ3) is 58.9. The van der Waals surface area contributed by atoms with Gasteiger partial charge in [0.05, 0.1) is 0 Å². The van der Waals surface area contributed by atoms with Gasteiger partial charge >= 0.3 is 17.9 Å². The van der Waals surface area contributed by atoms with Crippen LogP contribution in [0, 0.1) is 0 Å². The molecule has 71 heavy (non-hydrogen) atoms. The fourth-order valence-corrected chi connectivity index (χ4v) is 9.91. The van der Waals surface area contributed by atoms with Crippen molar-refractivity contribution in [3.8, 4) is 0 Å². The van der Waals surface area contributed by atoms with Crippen LogP contribution in [0.5, 0.6) is 0 Å². The Kier molecular flexibility index (Phi) is 59.1. The maximum atomic E-state index is 12.8. The molecule has 0 aromatic carbocycles. The van der Waals surface area contributed by atoms with E-state index < -0.39 is 6.10 Å². The summed E-state index contributed by atoms with van der Waals surface area (Å²) in [5, 5.41) is 0. The van der Waals surface area contributed by atoms with E-state index in [1.165, 1.54) is 270 Å². The first-order valence-electron chi connectivity index (χ1n) is 32.2. The van der Waals surface area contributed by atoms with Gasteiger partial charge in [0.15, 0.2) is 6.10 Å². The van der Waals surface area contributed by atoms with E-state index in [0.717, 1.165) is 57.8 Å². The largest absolute Gasteiger partial charge is 0.462 e. The minimum atomic E-state index is -0.762. The Morgan fingerprint density at radius 1 is 0.268 bits per heavy atom. The zero-order valence-corrected chi connectivity index (χ0v) is 48.3.